The Labute approximate surface area is 97.1 Å². The SMILES string of the molecule is Cc1oc(CS(=O)CC(C)C)cc1C(=O)O. The first-order chi connectivity index (χ1) is 7.40. The molecule has 0 radical (unpaired) electrons. The molecule has 0 aliphatic heterocycles. The van der Waals surface area contributed by atoms with Crippen LogP contribution in [0.4, 0.5) is 0 Å². The third kappa shape index (κ3) is 3.48. The average Bonchev–Trinajstić information content (AvgIpc) is 2.44. The molecule has 1 rings (SSSR count). The molecule has 4 nitrogen and oxygen atoms in total. The number of hydrogen-bond donors (Lipinski definition) is 1. The van der Waals surface area contributed by atoms with Crippen molar-refractivity contribution in [3.63, 3.8) is 0 Å². The van der Waals surface area contributed by atoms with Gasteiger partial charge < -0.3 is 9.52 Å². The molecule has 1 atom stereocenters. The van der Waals surface area contributed by atoms with E-state index in [9.17, 15) is 9.00 Å². The highest BCUT2D eigenvalue weighted by Crippen LogP contribution is 2.16. The quantitative estimate of drug-likeness (QED) is 0.862. The minimum atomic E-state index is -1.01. The second-order valence-corrected chi connectivity index (χ2v) is 5.63. The molecule has 0 spiro atoms. The lowest BCUT2D eigenvalue weighted by Crippen LogP contribution is -2.06. The molecule has 1 aromatic heterocycles. The number of furan rings is 1. The summed E-state index contributed by atoms with van der Waals surface area (Å²) in [7, 11) is -0.996. The number of rotatable bonds is 5. The fourth-order valence-corrected chi connectivity index (χ4v) is 2.74. The van der Waals surface area contributed by atoms with Crippen LogP contribution in [-0.4, -0.2) is 21.0 Å². The lowest BCUT2D eigenvalue weighted by atomic mass is 10.2. The first kappa shape index (κ1) is 13.0. The molecule has 0 bridgehead atoms. The van der Waals surface area contributed by atoms with Gasteiger partial charge in [-0.3, -0.25) is 4.21 Å². The monoisotopic (exact) mass is 244 g/mol. The van der Waals surface area contributed by atoms with Crippen LogP contribution in [0.25, 0.3) is 0 Å². The van der Waals surface area contributed by atoms with Crippen LogP contribution in [0.3, 0.4) is 0 Å². The predicted molar refractivity (Wildman–Crippen MR) is 62.0 cm³/mol. The molecule has 16 heavy (non-hydrogen) atoms. The lowest BCUT2D eigenvalue weighted by Gasteiger charge is -2.02. The molecule has 0 saturated carbocycles. The van der Waals surface area contributed by atoms with Crippen molar-refractivity contribution in [3.05, 3.63) is 23.2 Å². The minimum Gasteiger partial charge on any atom is -0.478 e. The maximum atomic E-state index is 11.6. The molecule has 0 saturated heterocycles. The number of carboxylic acid groups (broad SMARTS) is 1. The number of carbonyl (C=O) groups is 1. The number of hydrogen-bond acceptors (Lipinski definition) is 3. The van der Waals surface area contributed by atoms with Gasteiger partial charge in [-0.15, -0.1) is 0 Å². The molecule has 90 valence electrons. The van der Waals surface area contributed by atoms with Gasteiger partial charge in [-0.05, 0) is 18.9 Å². The Morgan fingerprint density at radius 1 is 1.56 bits per heavy atom. The van der Waals surface area contributed by atoms with Crippen LogP contribution in [0.15, 0.2) is 10.5 Å². The molecular weight excluding hydrogens is 228 g/mol. The maximum Gasteiger partial charge on any atom is 0.339 e. The van der Waals surface area contributed by atoms with Crippen molar-refractivity contribution in [2.45, 2.75) is 26.5 Å². The zero-order valence-electron chi connectivity index (χ0n) is 9.65. The normalized spacial score (nSPS) is 13.0. The first-order valence-corrected chi connectivity index (χ1v) is 6.56. The van der Waals surface area contributed by atoms with Crippen molar-refractivity contribution in [1.82, 2.24) is 0 Å². The summed E-state index contributed by atoms with van der Waals surface area (Å²) in [6, 6.07) is 1.45. The summed E-state index contributed by atoms with van der Waals surface area (Å²) in [5.41, 5.74) is 0.150. The summed E-state index contributed by atoms with van der Waals surface area (Å²) in [5.74, 6) is 1.07. The van der Waals surface area contributed by atoms with Gasteiger partial charge in [0.15, 0.2) is 0 Å². The van der Waals surface area contributed by atoms with Crippen LogP contribution >= 0.6 is 0 Å². The molecule has 5 heteroatoms. The van der Waals surface area contributed by atoms with E-state index in [2.05, 4.69) is 0 Å². The molecule has 0 amide bonds. The second-order valence-electron chi connectivity index (χ2n) is 4.13. The van der Waals surface area contributed by atoms with Crippen molar-refractivity contribution in [3.8, 4) is 0 Å². The summed E-state index contributed by atoms with van der Waals surface area (Å²) in [5, 5.41) is 8.82. The second kappa shape index (κ2) is 5.30. The van der Waals surface area contributed by atoms with Gasteiger partial charge in [0.05, 0.1) is 5.75 Å². The van der Waals surface area contributed by atoms with E-state index in [0.29, 0.717) is 23.2 Å². The van der Waals surface area contributed by atoms with Gasteiger partial charge in [-0.2, -0.15) is 0 Å². The molecule has 0 fully saturated rings. The molecule has 1 heterocycles. The summed E-state index contributed by atoms with van der Waals surface area (Å²) in [6.07, 6.45) is 0. The Morgan fingerprint density at radius 2 is 2.19 bits per heavy atom. The molecular formula is C11H16O4S. The van der Waals surface area contributed by atoms with Crippen LogP contribution in [-0.2, 0) is 16.6 Å². The van der Waals surface area contributed by atoms with Gasteiger partial charge >= 0.3 is 5.97 Å². The number of aryl methyl sites for hydroxylation is 1. The molecule has 1 unspecified atom stereocenters. The van der Waals surface area contributed by atoms with E-state index >= 15 is 0 Å². The van der Waals surface area contributed by atoms with Crippen LogP contribution in [0.2, 0.25) is 0 Å². The highest BCUT2D eigenvalue weighted by Gasteiger charge is 2.15. The van der Waals surface area contributed by atoms with Crippen molar-refractivity contribution in [2.75, 3.05) is 5.75 Å². The van der Waals surface area contributed by atoms with Gasteiger partial charge in [0.2, 0.25) is 0 Å². The average molecular weight is 244 g/mol. The Kier molecular flexibility index (Phi) is 4.29. The van der Waals surface area contributed by atoms with Crippen molar-refractivity contribution in [1.29, 1.82) is 0 Å². The smallest absolute Gasteiger partial charge is 0.339 e. The van der Waals surface area contributed by atoms with Crippen LogP contribution in [0.1, 0.15) is 35.7 Å². The highest BCUT2D eigenvalue weighted by molar-refractivity contribution is 7.84. The Hall–Kier alpha value is -1.10. The van der Waals surface area contributed by atoms with E-state index in [1.54, 1.807) is 6.92 Å². The van der Waals surface area contributed by atoms with Gasteiger partial charge in [0.1, 0.15) is 17.1 Å². The fraction of sp³-hybridized carbons (Fsp3) is 0.545. The molecule has 1 aromatic rings. The van der Waals surface area contributed by atoms with Gasteiger partial charge in [0, 0.05) is 16.6 Å². The van der Waals surface area contributed by atoms with Crippen LogP contribution in [0.5, 0.6) is 0 Å². The fourth-order valence-electron chi connectivity index (χ4n) is 1.42. The van der Waals surface area contributed by atoms with E-state index in [4.69, 9.17) is 9.52 Å². The van der Waals surface area contributed by atoms with E-state index in [1.165, 1.54) is 6.07 Å². The van der Waals surface area contributed by atoms with E-state index < -0.39 is 16.8 Å². The van der Waals surface area contributed by atoms with E-state index in [1.807, 2.05) is 13.8 Å². The summed E-state index contributed by atoms with van der Waals surface area (Å²) in [6.45, 7) is 5.58. The van der Waals surface area contributed by atoms with Gasteiger partial charge in [-0.25, -0.2) is 4.79 Å². The van der Waals surface area contributed by atoms with E-state index in [-0.39, 0.29) is 11.3 Å². The van der Waals surface area contributed by atoms with Crippen LogP contribution < -0.4 is 0 Å². The third-order valence-corrected chi connectivity index (χ3v) is 3.67. The zero-order chi connectivity index (χ0) is 12.3. The summed E-state index contributed by atoms with van der Waals surface area (Å²) >= 11 is 0. The van der Waals surface area contributed by atoms with Crippen molar-refractivity contribution < 1.29 is 18.5 Å². The molecule has 0 aliphatic rings. The summed E-state index contributed by atoms with van der Waals surface area (Å²) in [4.78, 5) is 10.8. The Balaban J connectivity index is 2.72. The third-order valence-electron chi connectivity index (χ3n) is 2.02. The number of aromatic carboxylic acids is 1. The van der Waals surface area contributed by atoms with Crippen LogP contribution in [0, 0.1) is 12.8 Å². The van der Waals surface area contributed by atoms with Gasteiger partial charge in [-0.1, -0.05) is 13.8 Å². The summed E-state index contributed by atoms with van der Waals surface area (Å²) < 4.78 is 16.9. The minimum absolute atomic E-state index is 0.150. The number of carboxylic acids is 1. The topological polar surface area (TPSA) is 67.5 Å². The highest BCUT2D eigenvalue weighted by atomic mass is 32.2. The van der Waals surface area contributed by atoms with Gasteiger partial charge in [0.25, 0.3) is 0 Å². The molecule has 0 aliphatic carbocycles. The van der Waals surface area contributed by atoms with Crippen molar-refractivity contribution >= 4 is 16.8 Å². The standard InChI is InChI=1S/C11H16O4S/c1-7(2)5-16(14)6-9-4-10(11(12)13)8(3)15-9/h4,7H,5-6H2,1-3H3,(H,12,13). The van der Waals surface area contributed by atoms with E-state index in [0.717, 1.165) is 0 Å². The lowest BCUT2D eigenvalue weighted by molar-refractivity contribution is 0.0695. The zero-order valence-corrected chi connectivity index (χ0v) is 10.5. The molecule has 0 aromatic carbocycles. The first-order valence-electron chi connectivity index (χ1n) is 5.07. The molecule has 1 N–H and O–H groups in total. The largest absolute Gasteiger partial charge is 0.478 e. The maximum absolute atomic E-state index is 11.6. The van der Waals surface area contributed by atoms with Crippen molar-refractivity contribution in [2.24, 2.45) is 5.92 Å². The Bertz CT molecular complexity index is 406. The Morgan fingerprint density at radius 3 is 2.62 bits per heavy atom. The predicted octanol–water partition coefficient (Wildman–Crippen LogP) is 2.19.